The fraction of sp³-hybridized carbons (Fsp3) is 0.273. The standard InChI is InChI=1S/C11H10FN3O3/c1-7(6-13)14(2)11(16)9-4-3-8(15(17)18)5-10(9)12/h3-5,7H,1-2H3. The maximum atomic E-state index is 13.6. The van der Waals surface area contributed by atoms with E-state index < -0.39 is 28.4 Å². The van der Waals surface area contributed by atoms with E-state index in [0.29, 0.717) is 6.07 Å². The molecule has 0 saturated heterocycles. The van der Waals surface area contributed by atoms with Gasteiger partial charge in [-0.1, -0.05) is 0 Å². The van der Waals surface area contributed by atoms with Crippen LogP contribution in [0.5, 0.6) is 0 Å². The average molecular weight is 251 g/mol. The molecule has 0 aliphatic rings. The van der Waals surface area contributed by atoms with Crippen LogP contribution in [0, 0.1) is 27.3 Å². The molecule has 1 atom stereocenters. The molecule has 18 heavy (non-hydrogen) atoms. The Morgan fingerprint density at radius 2 is 2.22 bits per heavy atom. The van der Waals surface area contributed by atoms with Gasteiger partial charge in [-0.25, -0.2) is 4.39 Å². The number of rotatable bonds is 3. The van der Waals surface area contributed by atoms with Crippen LogP contribution in [0.25, 0.3) is 0 Å². The van der Waals surface area contributed by atoms with Crippen LogP contribution in [0.1, 0.15) is 17.3 Å². The van der Waals surface area contributed by atoms with Crippen LogP contribution in [-0.4, -0.2) is 28.8 Å². The predicted octanol–water partition coefficient (Wildman–Crippen LogP) is 1.72. The van der Waals surface area contributed by atoms with Crippen molar-refractivity contribution < 1.29 is 14.1 Å². The maximum Gasteiger partial charge on any atom is 0.272 e. The Hall–Kier alpha value is -2.49. The van der Waals surface area contributed by atoms with Crippen LogP contribution >= 0.6 is 0 Å². The number of carbonyl (C=O) groups excluding carboxylic acids is 1. The second-order valence-electron chi connectivity index (χ2n) is 3.64. The zero-order chi connectivity index (χ0) is 13.9. The average Bonchev–Trinajstić information content (AvgIpc) is 2.35. The number of nitriles is 1. The normalized spacial score (nSPS) is 11.4. The summed E-state index contributed by atoms with van der Waals surface area (Å²) in [6.07, 6.45) is 0. The number of nitrogens with zero attached hydrogens (tertiary/aromatic N) is 3. The largest absolute Gasteiger partial charge is 0.326 e. The van der Waals surface area contributed by atoms with Crippen molar-refractivity contribution in [2.24, 2.45) is 0 Å². The number of nitro groups is 1. The molecule has 0 radical (unpaired) electrons. The number of benzene rings is 1. The molecule has 0 spiro atoms. The lowest BCUT2D eigenvalue weighted by Crippen LogP contribution is -2.34. The Bertz CT molecular complexity index is 539. The molecule has 6 nitrogen and oxygen atoms in total. The van der Waals surface area contributed by atoms with E-state index in [4.69, 9.17) is 5.26 Å². The molecular weight excluding hydrogens is 241 g/mol. The van der Waals surface area contributed by atoms with Crippen LogP contribution in [-0.2, 0) is 0 Å². The van der Waals surface area contributed by atoms with Crippen molar-refractivity contribution >= 4 is 11.6 Å². The molecule has 94 valence electrons. The summed E-state index contributed by atoms with van der Waals surface area (Å²) in [6.45, 7) is 1.49. The molecule has 0 aromatic heterocycles. The lowest BCUT2D eigenvalue weighted by molar-refractivity contribution is -0.385. The van der Waals surface area contributed by atoms with E-state index in [9.17, 15) is 19.3 Å². The number of hydrogen-bond acceptors (Lipinski definition) is 4. The molecule has 0 heterocycles. The second kappa shape index (κ2) is 5.23. The van der Waals surface area contributed by atoms with Crippen LogP contribution in [0.15, 0.2) is 18.2 Å². The summed E-state index contributed by atoms with van der Waals surface area (Å²) in [5, 5.41) is 19.1. The summed E-state index contributed by atoms with van der Waals surface area (Å²) in [7, 11) is 1.36. The van der Waals surface area contributed by atoms with E-state index in [1.807, 2.05) is 6.07 Å². The Balaban J connectivity index is 3.09. The van der Waals surface area contributed by atoms with Crippen molar-refractivity contribution in [2.45, 2.75) is 13.0 Å². The minimum atomic E-state index is -0.980. The molecule has 0 N–H and O–H groups in total. The zero-order valence-electron chi connectivity index (χ0n) is 9.75. The first-order chi connectivity index (χ1) is 8.38. The molecule has 0 saturated carbocycles. The van der Waals surface area contributed by atoms with E-state index >= 15 is 0 Å². The zero-order valence-corrected chi connectivity index (χ0v) is 9.75. The highest BCUT2D eigenvalue weighted by molar-refractivity contribution is 5.94. The third-order valence-corrected chi connectivity index (χ3v) is 2.48. The number of halogens is 1. The third kappa shape index (κ3) is 2.60. The molecule has 0 aliphatic heterocycles. The third-order valence-electron chi connectivity index (χ3n) is 2.48. The first-order valence-corrected chi connectivity index (χ1v) is 4.99. The minimum Gasteiger partial charge on any atom is -0.326 e. The van der Waals surface area contributed by atoms with Gasteiger partial charge < -0.3 is 4.90 Å². The van der Waals surface area contributed by atoms with Crippen molar-refractivity contribution in [1.29, 1.82) is 5.26 Å². The number of hydrogen-bond donors (Lipinski definition) is 0. The molecule has 7 heteroatoms. The summed E-state index contributed by atoms with van der Waals surface area (Å²) in [5.74, 6) is -1.68. The van der Waals surface area contributed by atoms with Gasteiger partial charge >= 0.3 is 0 Å². The lowest BCUT2D eigenvalue weighted by atomic mass is 10.1. The fourth-order valence-corrected chi connectivity index (χ4v) is 1.24. The number of nitro benzene ring substituents is 1. The maximum absolute atomic E-state index is 13.6. The molecule has 0 bridgehead atoms. The number of amides is 1. The molecule has 1 unspecified atom stereocenters. The molecule has 0 fully saturated rings. The summed E-state index contributed by atoms with van der Waals surface area (Å²) in [5.41, 5.74) is -0.731. The monoisotopic (exact) mass is 251 g/mol. The van der Waals surface area contributed by atoms with Crippen LogP contribution in [0.4, 0.5) is 10.1 Å². The smallest absolute Gasteiger partial charge is 0.272 e. The molecule has 1 aromatic carbocycles. The molecule has 1 rings (SSSR count). The van der Waals surface area contributed by atoms with Crippen LogP contribution in [0.3, 0.4) is 0 Å². The van der Waals surface area contributed by atoms with Gasteiger partial charge in [0, 0.05) is 13.1 Å². The van der Waals surface area contributed by atoms with E-state index in [1.54, 1.807) is 0 Å². The highest BCUT2D eigenvalue weighted by atomic mass is 19.1. The van der Waals surface area contributed by atoms with Crippen molar-refractivity contribution in [3.63, 3.8) is 0 Å². The van der Waals surface area contributed by atoms with Gasteiger partial charge in [-0.05, 0) is 13.0 Å². The quantitative estimate of drug-likeness (QED) is 0.604. The van der Waals surface area contributed by atoms with E-state index in [1.165, 1.54) is 14.0 Å². The first kappa shape index (κ1) is 13.6. The molecule has 1 amide bonds. The SMILES string of the molecule is CC(C#N)N(C)C(=O)c1ccc([N+](=O)[O-])cc1F. The minimum absolute atomic E-state index is 0.301. The van der Waals surface area contributed by atoms with Crippen molar-refractivity contribution in [1.82, 2.24) is 4.90 Å². The molecular formula is C11H10FN3O3. The number of carbonyl (C=O) groups is 1. The Kier molecular flexibility index (Phi) is 3.94. The van der Waals surface area contributed by atoms with Gasteiger partial charge in [-0.3, -0.25) is 14.9 Å². The Labute approximate surface area is 102 Å². The van der Waals surface area contributed by atoms with Crippen molar-refractivity contribution in [3.05, 3.63) is 39.7 Å². The van der Waals surface area contributed by atoms with Gasteiger partial charge in [-0.2, -0.15) is 5.26 Å². The predicted molar refractivity (Wildman–Crippen MR) is 60.2 cm³/mol. The van der Waals surface area contributed by atoms with Gasteiger partial charge in [0.05, 0.1) is 22.6 Å². The van der Waals surface area contributed by atoms with Crippen molar-refractivity contribution in [2.75, 3.05) is 7.05 Å². The van der Waals surface area contributed by atoms with Crippen LogP contribution < -0.4 is 0 Å². The van der Waals surface area contributed by atoms with Crippen molar-refractivity contribution in [3.8, 4) is 6.07 Å². The fourth-order valence-electron chi connectivity index (χ4n) is 1.24. The van der Waals surface area contributed by atoms with Gasteiger partial charge in [-0.15, -0.1) is 0 Å². The lowest BCUT2D eigenvalue weighted by Gasteiger charge is -2.19. The van der Waals surface area contributed by atoms with Gasteiger partial charge in [0.25, 0.3) is 11.6 Å². The van der Waals surface area contributed by atoms with Gasteiger partial charge in [0.2, 0.25) is 0 Å². The molecule has 0 aliphatic carbocycles. The Morgan fingerprint density at radius 3 is 2.67 bits per heavy atom. The Morgan fingerprint density at radius 1 is 1.61 bits per heavy atom. The summed E-state index contributed by atoms with van der Waals surface area (Å²) in [4.78, 5) is 22.5. The highest BCUT2D eigenvalue weighted by Gasteiger charge is 2.21. The second-order valence-corrected chi connectivity index (χ2v) is 3.64. The van der Waals surface area contributed by atoms with E-state index in [-0.39, 0.29) is 5.56 Å². The summed E-state index contributed by atoms with van der Waals surface area (Å²) in [6, 6.07) is 3.88. The molecule has 1 aromatic rings. The number of non-ortho nitro benzene ring substituents is 1. The van der Waals surface area contributed by atoms with E-state index in [0.717, 1.165) is 17.0 Å². The summed E-state index contributed by atoms with van der Waals surface area (Å²) < 4.78 is 13.6. The van der Waals surface area contributed by atoms with Gasteiger partial charge in [0.15, 0.2) is 0 Å². The topological polar surface area (TPSA) is 87.2 Å². The highest BCUT2D eigenvalue weighted by Crippen LogP contribution is 2.18. The summed E-state index contributed by atoms with van der Waals surface area (Å²) >= 11 is 0. The first-order valence-electron chi connectivity index (χ1n) is 4.99. The van der Waals surface area contributed by atoms with Gasteiger partial charge in [0.1, 0.15) is 11.9 Å². The van der Waals surface area contributed by atoms with Crippen LogP contribution in [0.2, 0.25) is 0 Å². The van der Waals surface area contributed by atoms with E-state index in [2.05, 4.69) is 0 Å².